The SMILES string of the molecule is Cc1ccccc1C(=O)c1cnc(NCCCCN)s1. The van der Waals surface area contributed by atoms with Gasteiger partial charge in [-0.1, -0.05) is 35.6 Å². The molecule has 0 unspecified atom stereocenters. The molecule has 0 amide bonds. The van der Waals surface area contributed by atoms with Gasteiger partial charge in [0.05, 0.1) is 11.1 Å². The van der Waals surface area contributed by atoms with E-state index in [0.717, 1.165) is 35.6 Å². The monoisotopic (exact) mass is 289 g/mol. The lowest BCUT2D eigenvalue weighted by atomic mass is 10.0. The Morgan fingerprint density at radius 2 is 2.15 bits per heavy atom. The van der Waals surface area contributed by atoms with Gasteiger partial charge in [-0.25, -0.2) is 4.98 Å². The summed E-state index contributed by atoms with van der Waals surface area (Å²) in [6, 6.07) is 7.61. The second-order valence-corrected chi connectivity index (χ2v) is 5.63. The van der Waals surface area contributed by atoms with E-state index in [1.807, 2.05) is 31.2 Å². The summed E-state index contributed by atoms with van der Waals surface area (Å²) >= 11 is 1.40. The molecular formula is C15H19N3OS. The average molecular weight is 289 g/mol. The number of nitrogens with two attached hydrogens (primary N) is 1. The van der Waals surface area contributed by atoms with E-state index in [2.05, 4.69) is 10.3 Å². The van der Waals surface area contributed by atoms with E-state index >= 15 is 0 Å². The highest BCUT2D eigenvalue weighted by Gasteiger charge is 2.14. The maximum Gasteiger partial charge on any atom is 0.204 e. The van der Waals surface area contributed by atoms with Gasteiger partial charge >= 0.3 is 0 Å². The third-order valence-electron chi connectivity index (χ3n) is 3.03. The van der Waals surface area contributed by atoms with Crippen LogP contribution in [0.3, 0.4) is 0 Å². The standard InChI is InChI=1S/C15H19N3OS/c1-11-6-2-3-7-12(11)14(19)13-10-18-15(20-13)17-9-5-4-8-16/h2-3,6-7,10H,4-5,8-9,16H2,1H3,(H,17,18). The third kappa shape index (κ3) is 3.65. The Kier molecular flexibility index (Phi) is 5.26. The van der Waals surface area contributed by atoms with E-state index in [9.17, 15) is 4.79 Å². The molecule has 1 aromatic heterocycles. The number of thiazole rings is 1. The number of carbonyl (C=O) groups excluding carboxylic acids is 1. The Morgan fingerprint density at radius 3 is 2.90 bits per heavy atom. The van der Waals surface area contributed by atoms with Gasteiger partial charge < -0.3 is 11.1 Å². The van der Waals surface area contributed by atoms with Crippen molar-refractivity contribution < 1.29 is 4.79 Å². The minimum absolute atomic E-state index is 0.0376. The predicted molar refractivity (Wildman–Crippen MR) is 83.5 cm³/mol. The number of nitrogens with zero attached hydrogens (tertiary/aromatic N) is 1. The number of carbonyl (C=O) groups is 1. The first-order chi connectivity index (χ1) is 9.72. The highest BCUT2D eigenvalue weighted by molar-refractivity contribution is 7.17. The molecule has 0 spiro atoms. The van der Waals surface area contributed by atoms with E-state index < -0.39 is 0 Å². The van der Waals surface area contributed by atoms with Gasteiger partial charge in [0.1, 0.15) is 0 Å². The van der Waals surface area contributed by atoms with Crippen LogP contribution in [0.5, 0.6) is 0 Å². The van der Waals surface area contributed by atoms with E-state index in [1.165, 1.54) is 11.3 Å². The zero-order chi connectivity index (χ0) is 14.4. The van der Waals surface area contributed by atoms with Gasteiger partial charge in [-0.3, -0.25) is 4.79 Å². The highest BCUT2D eigenvalue weighted by Crippen LogP contribution is 2.22. The zero-order valence-electron chi connectivity index (χ0n) is 11.6. The van der Waals surface area contributed by atoms with Crippen LogP contribution in [0.15, 0.2) is 30.5 Å². The fourth-order valence-electron chi connectivity index (χ4n) is 1.89. The molecule has 2 rings (SSSR count). The molecule has 0 atom stereocenters. The number of hydrogen-bond acceptors (Lipinski definition) is 5. The summed E-state index contributed by atoms with van der Waals surface area (Å²) in [6.07, 6.45) is 3.65. The zero-order valence-corrected chi connectivity index (χ0v) is 12.4. The predicted octanol–water partition coefficient (Wildman–Crippen LogP) is 2.83. The van der Waals surface area contributed by atoms with Crippen molar-refractivity contribution in [1.29, 1.82) is 0 Å². The number of rotatable bonds is 7. The molecule has 0 bridgehead atoms. The van der Waals surface area contributed by atoms with Crippen LogP contribution in [0, 0.1) is 6.92 Å². The van der Waals surface area contributed by atoms with Crippen molar-refractivity contribution in [3.63, 3.8) is 0 Å². The summed E-state index contributed by atoms with van der Waals surface area (Å²) < 4.78 is 0. The number of hydrogen-bond donors (Lipinski definition) is 2. The summed E-state index contributed by atoms with van der Waals surface area (Å²) in [5.41, 5.74) is 7.18. The Balaban J connectivity index is 2.01. The second kappa shape index (κ2) is 7.17. The van der Waals surface area contributed by atoms with Crippen molar-refractivity contribution in [2.45, 2.75) is 19.8 Å². The first kappa shape index (κ1) is 14.7. The molecular weight excluding hydrogens is 270 g/mol. The molecule has 0 aliphatic carbocycles. The highest BCUT2D eigenvalue weighted by atomic mass is 32.1. The first-order valence-electron chi connectivity index (χ1n) is 6.72. The van der Waals surface area contributed by atoms with Gasteiger partial charge in [-0.05, 0) is 31.9 Å². The van der Waals surface area contributed by atoms with Gasteiger partial charge in [0.25, 0.3) is 0 Å². The summed E-state index contributed by atoms with van der Waals surface area (Å²) in [6.45, 7) is 3.49. The van der Waals surface area contributed by atoms with Gasteiger partial charge in [0.15, 0.2) is 5.13 Å². The summed E-state index contributed by atoms with van der Waals surface area (Å²) in [4.78, 5) is 17.3. The molecule has 1 aromatic carbocycles. The number of benzene rings is 1. The Morgan fingerprint density at radius 1 is 1.35 bits per heavy atom. The minimum Gasteiger partial charge on any atom is -0.362 e. The second-order valence-electron chi connectivity index (χ2n) is 4.60. The molecule has 0 radical (unpaired) electrons. The number of nitrogens with one attached hydrogen (secondary N) is 1. The molecule has 0 aliphatic rings. The Labute approximate surface area is 123 Å². The molecule has 3 N–H and O–H groups in total. The number of anilines is 1. The molecule has 1 heterocycles. The smallest absolute Gasteiger partial charge is 0.204 e. The van der Waals surface area contributed by atoms with Gasteiger partial charge in [0.2, 0.25) is 5.78 Å². The quantitative estimate of drug-likeness (QED) is 0.607. The van der Waals surface area contributed by atoms with Gasteiger partial charge in [-0.2, -0.15) is 0 Å². The van der Waals surface area contributed by atoms with E-state index in [1.54, 1.807) is 6.20 Å². The molecule has 4 nitrogen and oxygen atoms in total. The third-order valence-corrected chi connectivity index (χ3v) is 3.98. The van der Waals surface area contributed by atoms with Crippen LogP contribution in [0.4, 0.5) is 5.13 Å². The summed E-state index contributed by atoms with van der Waals surface area (Å²) in [5, 5.41) is 4.01. The number of aryl methyl sites for hydroxylation is 1. The summed E-state index contributed by atoms with van der Waals surface area (Å²) in [5.74, 6) is 0.0376. The van der Waals surface area contributed by atoms with Crippen LogP contribution < -0.4 is 11.1 Å². The first-order valence-corrected chi connectivity index (χ1v) is 7.54. The lowest BCUT2D eigenvalue weighted by Gasteiger charge is -2.02. The molecule has 0 saturated heterocycles. The number of unbranched alkanes of at least 4 members (excludes halogenated alkanes) is 1. The fraction of sp³-hybridized carbons (Fsp3) is 0.333. The average Bonchev–Trinajstić information content (AvgIpc) is 2.92. The molecule has 0 aliphatic heterocycles. The van der Waals surface area contributed by atoms with Crippen molar-refractivity contribution in [1.82, 2.24) is 4.98 Å². The Hall–Kier alpha value is -1.72. The normalized spacial score (nSPS) is 10.5. The topological polar surface area (TPSA) is 68.0 Å². The molecule has 0 fully saturated rings. The lowest BCUT2D eigenvalue weighted by Crippen LogP contribution is -2.05. The van der Waals surface area contributed by atoms with Crippen LogP contribution in [0.1, 0.15) is 33.6 Å². The maximum atomic E-state index is 12.4. The number of aromatic nitrogens is 1. The van der Waals surface area contributed by atoms with Gasteiger partial charge in [-0.15, -0.1) is 0 Å². The van der Waals surface area contributed by atoms with Crippen molar-refractivity contribution in [2.75, 3.05) is 18.4 Å². The Bertz CT molecular complexity index is 580. The maximum absolute atomic E-state index is 12.4. The fourth-order valence-corrected chi connectivity index (χ4v) is 2.68. The minimum atomic E-state index is 0.0376. The summed E-state index contributed by atoms with van der Waals surface area (Å²) in [7, 11) is 0. The van der Waals surface area contributed by atoms with Gasteiger partial charge in [0, 0.05) is 12.1 Å². The van der Waals surface area contributed by atoms with Crippen LogP contribution in [-0.4, -0.2) is 23.9 Å². The van der Waals surface area contributed by atoms with E-state index in [-0.39, 0.29) is 5.78 Å². The van der Waals surface area contributed by atoms with Crippen LogP contribution >= 0.6 is 11.3 Å². The molecule has 2 aromatic rings. The van der Waals surface area contributed by atoms with Crippen molar-refractivity contribution in [3.05, 3.63) is 46.5 Å². The van der Waals surface area contributed by atoms with Crippen LogP contribution in [0.25, 0.3) is 0 Å². The molecule has 106 valence electrons. The molecule has 5 heteroatoms. The largest absolute Gasteiger partial charge is 0.362 e. The van der Waals surface area contributed by atoms with Crippen molar-refractivity contribution >= 4 is 22.3 Å². The van der Waals surface area contributed by atoms with E-state index in [0.29, 0.717) is 11.4 Å². The van der Waals surface area contributed by atoms with E-state index in [4.69, 9.17) is 5.73 Å². The molecule has 20 heavy (non-hydrogen) atoms. The van der Waals surface area contributed by atoms with Crippen LogP contribution in [0.2, 0.25) is 0 Å². The lowest BCUT2D eigenvalue weighted by molar-refractivity contribution is 0.104. The molecule has 0 saturated carbocycles. The van der Waals surface area contributed by atoms with Crippen LogP contribution in [-0.2, 0) is 0 Å². The van der Waals surface area contributed by atoms with Crippen molar-refractivity contribution in [3.8, 4) is 0 Å². The number of ketones is 1. The van der Waals surface area contributed by atoms with Crippen molar-refractivity contribution in [2.24, 2.45) is 5.73 Å².